The Hall–Kier alpha value is -1.85. The molecule has 0 radical (unpaired) electrons. The number of halogens is 1. The molecule has 5 heteroatoms. The topological polar surface area (TPSA) is 58.4 Å². The zero-order valence-corrected chi connectivity index (χ0v) is 14.4. The first-order valence-electron chi connectivity index (χ1n) is 7.74. The molecular weight excluding hydrogens is 354 g/mol. The SMILES string of the molecule is Nc1cc(Br)ccc1C(=O)NC1CCN(Cc2ccccc2)C1. The quantitative estimate of drug-likeness (QED) is 0.809. The van der Waals surface area contributed by atoms with Crippen molar-refractivity contribution in [3.63, 3.8) is 0 Å². The summed E-state index contributed by atoms with van der Waals surface area (Å²) in [6.07, 6.45) is 0.967. The molecule has 0 bridgehead atoms. The highest BCUT2D eigenvalue weighted by atomic mass is 79.9. The Morgan fingerprint density at radius 3 is 2.78 bits per heavy atom. The van der Waals surface area contributed by atoms with Crippen LogP contribution in [0.4, 0.5) is 5.69 Å². The molecule has 1 unspecified atom stereocenters. The van der Waals surface area contributed by atoms with E-state index in [-0.39, 0.29) is 11.9 Å². The van der Waals surface area contributed by atoms with Crippen molar-refractivity contribution in [2.45, 2.75) is 19.0 Å². The fourth-order valence-corrected chi connectivity index (χ4v) is 3.32. The first-order chi connectivity index (χ1) is 11.1. The van der Waals surface area contributed by atoms with Gasteiger partial charge in [0.1, 0.15) is 0 Å². The smallest absolute Gasteiger partial charge is 0.253 e. The average molecular weight is 374 g/mol. The first kappa shape index (κ1) is 16.0. The molecule has 3 rings (SSSR count). The number of nitrogens with one attached hydrogen (secondary N) is 1. The lowest BCUT2D eigenvalue weighted by Crippen LogP contribution is -2.37. The Morgan fingerprint density at radius 2 is 2.04 bits per heavy atom. The summed E-state index contributed by atoms with van der Waals surface area (Å²) in [5.74, 6) is -0.0958. The van der Waals surface area contributed by atoms with Gasteiger partial charge in [0.2, 0.25) is 0 Å². The van der Waals surface area contributed by atoms with E-state index in [1.165, 1.54) is 5.56 Å². The third-order valence-electron chi connectivity index (χ3n) is 4.11. The molecule has 0 saturated carbocycles. The van der Waals surface area contributed by atoms with E-state index in [9.17, 15) is 4.79 Å². The van der Waals surface area contributed by atoms with Gasteiger partial charge in [0.05, 0.1) is 5.56 Å². The van der Waals surface area contributed by atoms with Crippen LogP contribution in [0.25, 0.3) is 0 Å². The molecule has 1 saturated heterocycles. The van der Waals surface area contributed by atoms with Crippen molar-refractivity contribution in [2.75, 3.05) is 18.8 Å². The van der Waals surface area contributed by atoms with Gasteiger partial charge in [-0.15, -0.1) is 0 Å². The number of nitrogen functional groups attached to an aromatic ring is 1. The molecule has 1 heterocycles. The van der Waals surface area contributed by atoms with Crippen molar-refractivity contribution >= 4 is 27.5 Å². The average Bonchev–Trinajstić information content (AvgIpc) is 2.95. The molecule has 1 aliphatic heterocycles. The summed E-state index contributed by atoms with van der Waals surface area (Å²) in [4.78, 5) is 14.7. The number of hydrogen-bond acceptors (Lipinski definition) is 3. The molecule has 23 heavy (non-hydrogen) atoms. The summed E-state index contributed by atoms with van der Waals surface area (Å²) < 4.78 is 0.876. The second-order valence-corrected chi connectivity index (χ2v) is 6.83. The molecule has 0 aromatic heterocycles. The summed E-state index contributed by atoms with van der Waals surface area (Å²) in [5.41, 5.74) is 8.26. The van der Waals surface area contributed by atoms with E-state index >= 15 is 0 Å². The highest BCUT2D eigenvalue weighted by Crippen LogP contribution is 2.19. The minimum atomic E-state index is -0.0958. The van der Waals surface area contributed by atoms with Crippen molar-refractivity contribution < 1.29 is 4.79 Å². The van der Waals surface area contributed by atoms with Gasteiger partial charge in [0.15, 0.2) is 0 Å². The second-order valence-electron chi connectivity index (χ2n) is 5.91. The predicted octanol–water partition coefficient (Wildman–Crippen LogP) is 3.04. The summed E-state index contributed by atoms with van der Waals surface area (Å²) in [7, 11) is 0. The van der Waals surface area contributed by atoms with Gasteiger partial charge in [-0.3, -0.25) is 9.69 Å². The standard InChI is InChI=1S/C18H20BrN3O/c19-14-6-7-16(17(20)10-14)18(23)21-15-8-9-22(12-15)11-13-4-2-1-3-5-13/h1-7,10,15H,8-9,11-12,20H2,(H,21,23). The monoisotopic (exact) mass is 373 g/mol. The Morgan fingerprint density at radius 1 is 1.26 bits per heavy atom. The van der Waals surface area contributed by atoms with Crippen molar-refractivity contribution in [3.8, 4) is 0 Å². The lowest BCUT2D eigenvalue weighted by molar-refractivity contribution is 0.0938. The van der Waals surface area contributed by atoms with E-state index < -0.39 is 0 Å². The molecule has 1 aliphatic rings. The molecule has 2 aromatic rings. The van der Waals surface area contributed by atoms with Crippen LogP contribution in [0.5, 0.6) is 0 Å². The Balaban J connectivity index is 1.56. The van der Waals surface area contributed by atoms with Crippen molar-refractivity contribution in [3.05, 3.63) is 64.1 Å². The van der Waals surface area contributed by atoms with E-state index in [1.807, 2.05) is 12.1 Å². The molecule has 4 nitrogen and oxygen atoms in total. The largest absolute Gasteiger partial charge is 0.398 e. The van der Waals surface area contributed by atoms with E-state index in [0.29, 0.717) is 11.3 Å². The van der Waals surface area contributed by atoms with Crippen molar-refractivity contribution in [1.82, 2.24) is 10.2 Å². The number of rotatable bonds is 4. The Bertz CT molecular complexity index is 690. The Kier molecular flexibility index (Phi) is 4.98. The van der Waals surface area contributed by atoms with E-state index in [0.717, 1.165) is 30.5 Å². The highest BCUT2D eigenvalue weighted by molar-refractivity contribution is 9.10. The first-order valence-corrected chi connectivity index (χ1v) is 8.53. The van der Waals surface area contributed by atoms with Crippen LogP contribution in [0.2, 0.25) is 0 Å². The lowest BCUT2D eigenvalue weighted by Gasteiger charge is -2.17. The molecule has 2 aromatic carbocycles. The van der Waals surface area contributed by atoms with Crippen LogP contribution in [0.15, 0.2) is 53.0 Å². The normalized spacial score (nSPS) is 18.0. The summed E-state index contributed by atoms with van der Waals surface area (Å²) in [6, 6.07) is 15.9. The molecule has 1 amide bonds. The van der Waals surface area contributed by atoms with E-state index in [4.69, 9.17) is 5.73 Å². The van der Waals surface area contributed by atoms with Crippen molar-refractivity contribution in [1.29, 1.82) is 0 Å². The minimum Gasteiger partial charge on any atom is -0.398 e. The summed E-state index contributed by atoms with van der Waals surface area (Å²) in [6.45, 7) is 2.79. The molecular formula is C18H20BrN3O. The summed E-state index contributed by atoms with van der Waals surface area (Å²) >= 11 is 3.35. The van der Waals surface area contributed by atoms with Crippen LogP contribution in [0.3, 0.4) is 0 Å². The maximum Gasteiger partial charge on any atom is 0.253 e. The van der Waals surface area contributed by atoms with Crippen LogP contribution in [0.1, 0.15) is 22.3 Å². The molecule has 0 spiro atoms. The fraction of sp³-hybridized carbons (Fsp3) is 0.278. The maximum absolute atomic E-state index is 12.4. The van der Waals surface area contributed by atoms with Gasteiger partial charge in [-0.25, -0.2) is 0 Å². The molecule has 1 fully saturated rings. The fourth-order valence-electron chi connectivity index (χ4n) is 2.94. The van der Waals surface area contributed by atoms with Crippen LogP contribution < -0.4 is 11.1 Å². The van der Waals surface area contributed by atoms with Crippen LogP contribution in [-0.4, -0.2) is 29.9 Å². The number of carbonyl (C=O) groups excluding carboxylic acids is 1. The van der Waals surface area contributed by atoms with Gasteiger partial charge in [0, 0.05) is 35.8 Å². The van der Waals surface area contributed by atoms with Crippen molar-refractivity contribution in [2.24, 2.45) is 0 Å². The number of anilines is 1. The number of nitrogens with two attached hydrogens (primary N) is 1. The van der Waals surface area contributed by atoms with Gasteiger partial charge in [-0.1, -0.05) is 46.3 Å². The third-order valence-corrected chi connectivity index (χ3v) is 4.61. The number of hydrogen-bond donors (Lipinski definition) is 2. The van der Waals surface area contributed by atoms with Gasteiger partial charge in [-0.05, 0) is 30.2 Å². The predicted molar refractivity (Wildman–Crippen MR) is 96.1 cm³/mol. The zero-order chi connectivity index (χ0) is 16.2. The minimum absolute atomic E-state index is 0.0958. The summed E-state index contributed by atoms with van der Waals surface area (Å²) in [5, 5.41) is 3.10. The maximum atomic E-state index is 12.4. The van der Waals surface area contributed by atoms with Gasteiger partial charge >= 0.3 is 0 Å². The number of carbonyl (C=O) groups is 1. The second kappa shape index (κ2) is 7.15. The molecule has 0 aliphatic carbocycles. The third kappa shape index (κ3) is 4.12. The van der Waals surface area contributed by atoms with Gasteiger partial charge in [-0.2, -0.15) is 0 Å². The van der Waals surface area contributed by atoms with Crippen LogP contribution in [-0.2, 0) is 6.54 Å². The molecule has 120 valence electrons. The highest BCUT2D eigenvalue weighted by Gasteiger charge is 2.24. The van der Waals surface area contributed by atoms with E-state index in [1.54, 1.807) is 12.1 Å². The molecule has 1 atom stereocenters. The van der Waals surface area contributed by atoms with E-state index in [2.05, 4.69) is 50.4 Å². The number of likely N-dealkylation sites (tertiary alicyclic amines) is 1. The lowest BCUT2D eigenvalue weighted by atomic mass is 10.1. The van der Waals surface area contributed by atoms with Crippen LogP contribution in [0, 0.1) is 0 Å². The molecule has 3 N–H and O–H groups in total. The van der Waals surface area contributed by atoms with Gasteiger partial charge < -0.3 is 11.1 Å². The Labute approximate surface area is 144 Å². The number of nitrogens with zero attached hydrogens (tertiary/aromatic N) is 1. The van der Waals surface area contributed by atoms with Crippen LogP contribution >= 0.6 is 15.9 Å². The number of amides is 1. The number of benzene rings is 2. The van der Waals surface area contributed by atoms with Gasteiger partial charge in [0.25, 0.3) is 5.91 Å². The zero-order valence-electron chi connectivity index (χ0n) is 12.8.